The van der Waals surface area contributed by atoms with Gasteiger partial charge in [0.25, 0.3) is 0 Å². The first-order valence-corrected chi connectivity index (χ1v) is 4.77. The van der Waals surface area contributed by atoms with Gasteiger partial charge in [-0.2, -0.15) is 0 Å². The van der Waals surface area contributed by atoms with Gasteiger partial charge in [0.05, 0.1) is 5.02 Å². The number of hydrogen-bond donors (Lipinski definition) is 0. The van der Waals surface area contributed by atoms with Crippen molar-refractivity contribution in [3.05, 3.63) is 33.9 Å². The topological polar surface area (TPSA) is 0 Å². The molecule has 0 amide bonds. The van der Waals surface area contributed by atoms with Gasteiger partial charge in [-0.05, 0) is 29.8 Å². The average molecular weight is 201 g/mol. The molecule has 1 heterocycles. The summed E-state index contributed by atoms with van der Waals surface area (Å²) in [5.74, 6) is -0.299. The van der Waals surface area contributed by atoms with Crippen LogP contribution in [0.25, 0.3) is 10.1 Å². The molecule has 0 saturated heterocycles. The first-order chi connectivity index (χ1) is 5.70. The maximum Gasteiger partial charge on any atom is 0.146 e. The zero-order chi connectivity index (χ0) is 8.72. The molecule has 62 valence electrons. The van der Waals surface area contributed by atoms with Gasteiger partial charge >= 0.3 is 0 Å². The summed E-state index contributed by atoms with van der Waals surface area (Å²) in [6.45, 7) is 1.75. The van der Waals surface area contributed by atoms with Crippen molar-refractivity contribution in [1.29, 1.82) is 0 Å². The van der Waals surface area contributed by atoms with Crippen LogP contribution in [-0.2, 0) is 0 Å². The van der Waals surface area contributed by atoms with Crippen LogP contribution in [0.1, 0.15) is 5.56 Å². The molecular formula is C9H6ClFS. The fourth-order valence-electron chi connectivity index (χ4n) is 1.22. The largest absolute Gasteiger partial charge is 0.205 e. The Morgan fingerprint density at radius 2 is 2.25 bits per heavy atom. The summed E-state index contributed by atoms with van der Waals surface area (Å²) in [5, 5.41) is 3.16. The van der Waals surface area contributed by atoms with Gasteiger partial charge in [0.15, 0.2) is 0 Å². The molecular weight excluding hydrogens is 195 g/mol. The fraction of sp³-hybridized carbons (Fsp3) is 0.111. The summed E-state index contributed by atoms with van der Waals surface area (Å²) in [6.07, 6.45) is 0. The maximum atomic E-state index is 13.2. The molecule has 0 aliphatic heterocycles. The molecule has 0 radical (unpaired) electrons. The molecule has 2 rings (SSSR count). The van der Waals surface area contributed by atoms with E-state index in [4.69, 9.17) is 11.6 Å². The van der Waals surface area contributed by atoms with Crippen molar-refractivity contribution in [2.75, 3.05) is 0 Å². The van der Waals surface area contributed by atoms with Crippen molar-refractivity contribution in [3.63, 3.8) is 0 Å². The SMILES string of the molecule is Cc1c(F)c(Cl)cc2ccsc12. The standard InChI is InChI=1S/C9H6ClFS/c1-5-8(11)7(10)4-6-2-3-12-9(5)6/h2-4H,1H3. The van der Waals surface area contributed by atoms with Crippen LogP contribution in [0.3, 0.4) is 0 Å². The molecule has 0 unspecified atom stereocenters. The van der Waals surface area contributed by atoms with Crippen LogP contribution >= 0.6 is 22.9 Å². The van der Waals surface area contributed by atoms with Crippen molar-refractivity contribution in [3.8, 4) is 0 Å². The van der Waals surface area contributed by atoms with Gasteiger partial charge in [-0.3, -0.25) is 0 Å². The molecule has 0 aliphatic carbocycles. The zero-order valence-corrected chi connectivity index (χ0v) is 7.97. The summed E-state index contributed by atoms with van der Waals surface area (Å²) in [6, 6.07) is 3.61. The third kappa shape index (κ3) is 1.03. The second-order valence-electron chi connectivity index (χ2n) is 2.64. The number of aryl methyl sites for hydroxylation is 1. The number of benzene rings is 1. The van der Waals surface area contributed by atoms with Crippen LogP contribution in [0.4, 0.5) is 4.39 Å². The Labute approximate surface area is 78.6 Å². The lowest BCUT2D eigenvalue weighted by atomic mass is 10.2. The van der Waals surface area contributed by atoms with Gasteiger partial charge < -0.3 is 0 Å². The van der Waals surface area contributed by atoms with Gasteiger partial charge in [-0.15, -0.1) is 11.3 Å². The molecule has 1 aromatic heterocycles. The molecule has 0 N–H and O–H groups in total. The average Bonchev–Trinajstić information content (AvgIpc) is 2.48. The number of hydrogen-bond acceptors (Lipinski definition) is 1. The Hall–Kier alpha value is -0.600. The lowest BCUT2D eigenvalue weighted by molar-refractivity contribution is 0.622. The lowest BCUT2D eigenvalue weighted by Gasteiger charge is -1.99. The zero-order valence-electron chi connectivity index (χ0n) is 6.40. The Balaban J connectivity index is 2.94. The molecule has 0 aliphatic rings. The van der Waals surface area contributed by atoms with E-state index in [2.05, 4.69) is 0 Å². The second kappa shape index (κ2) is 2.71. The molecule has 1 aromatic carbocycles. The fourth-order valence-corrected chi connectivity index (χ4v) is 2.36. The summed E-state index contributed by atoms with van der Waals surface area (Å²) < 4.78 is 14.2. The molecule has 0 saturated carbocycles. The van der Waals surface area contributed by atoms with Gasteiger partial charge in [-0.25, -0.2) is 4.39 Å². The minimum Gasteiger partial charge on any atom is -0.205 e. The Morgan fingerprint density at radius 1 is 1.50 bits per heavy atom. The van der Waals surface area contributed by atoms with Crippen molar-refractivity contribution in [1.82, 2.24) is 0 Å². The highest BCUT2D eigenvalue weighted by molar-refractivity contribution is 7.17. The van der Waals surface area contributed by atoms with E-state index in [9.17, 15) is 4.39 Å². The highest BCUT2D eigenvalue weighted by atomic mass is 35.5. The molecule has 0 fully saturated rings. The highest BCUT2D eigenvalue weighted by Crippen LogP contribution is 2.30. The molecule has 2 aromatic rings. The number of rotatable bonds is 0. The second-order valence-corrected chi connectivity index (χ2v) is 3.96. The quantitative estimate of drug-likeness (QED) is 0.603. The van der Waals surface area contributed by atoms with Gasteiger partial charge in [0, 0.05) is 10.3 Å². The Bertz CT molecular complexity index is 433. The van der Waals surface area contributed by atoms with E-state index in [1.807, 2.05) is 11.4 Å². The van der Waals surface area contributed by atoms with E-state index in [0.29, 0.717) is 5.56 Å². The molecule has 12 heavy (non-hydrogen) atoms. The first-order valence-electron chi connectivity index (χ1n) is 3.52. The normalized spacial score (nSPS) is 10.9. The van der Waals surface area contributed by atoms with E-state index in [0.717, 1.165) is 10.1 Å². The van der Waals surface area contributed by atoms with E-state index >= 15 is 0 Å². The van der Waals surface area contributed by atoms with Crippen molar-refractivity contribution in [2.24, 2.45) is 0 Å². The molecule has 0 spiro atoms. The van der Waals surface area contributed by atoms with E-state index in [1.54, 1.807) is 13.0 Å². The minimum absolute atomic E-state index is 0.207. The third-order valence-electron chi connectivity index (χ3n) is 1.86. The summed E-state index contributed by atoms with van der Waals surface area (Å²) in [7, 11) is 0. The third-order valence-corrected chi connectivity index (χ3v) is 3.18. The van der Waals surface area contributed by atoms with Gasteiger partial charge in [0.1, 0.15) is 5.82 Å². The van der Waals surface area contributed by atoms with E-state index in [1.165, 1.54) is 11.3 Å². The van der Waals surface area contributed by atoms with Crippen LogP contribution in [-0.4, -0.2) is 0 Å². The summed E-state index contributed by atoms with van der Waals surface area (Å²) in [5.41, 5.74) is 0.646. The Morgan fingerprint density at radius 3 is 3.00 bits per heavy atom. The van der Waals surface area contributed by atoms with Crippen LogP contribution < -0.4 is 0 Å². The van der Waals surface area contributed by atoms with Crippen LogP contribution in [0.5, 0.6) is 0 Å². The van der Waals surface area contributed by atoms with E-state index in [-0.39, 0.29) is 10.8 Å². The monoisotopic (exact) mass is 200 g/mol. The van der Waals surface area contributed by atoms with Crippen LogP contribution in [0.15, 0.2) is 17.5 Å². The van der Waals surface area contributed by atoms with Crippen molar-refractivity contribution >= 4 is 33.0 Å². The predicted molar refractivity (Wildman–Crippen MR) is 51.5 cm³/mol. The molecule has 0 bridgehead atoms. The lowest BCUT2D eigenvalue weighted by Crippen LogP contribution is -1.82. The van der Waals surface area contributed by atoms with Gasteiger partial charge in [-0.1, -0.05) is 11.6 Å². The highest BCUT2D eigenvalue weighted by Gasteiger charge is 2.08. The van der Waals surface area contributed by atoms with Crippen LogP contribution in [0.2, 0.25) is 5.02 Å². The molecule has 0 atom stereocenters. The van der Waals surface area contributed by atoms with E-state index < -0.39 is 0 Å². The smallest absolute Gasteiger partial charge is 0.146 e. The number of fused-ring (bicyclic) bond motifs is 1. The maximum absolute atomic E-state index is 13.2. The summed E-state index contributed by atoms with van der Waals surface area (Å²) in [4.78, 5) is 0. The first kappa shape index (κ1) is 8.02. The molecule has 0 nitrogen and oxygen atoms in total. The Kier molecular flexibility index (Phi) is 1.81. The number of thiophene rings is 1. The molecule has 3 heteroatoms. The summed E-state index contributed by atoms with van der Waals surface area (Å²) >= 11 is 7.22. The van der Waals surface area contributed by atoms with Crippen LogP contribution in [0, 0.1) is 12.7 Å². The van der Waals surface area contributed by atoms with Crippen molar-refractivity contribution < 1.29 is 4.39 Å². The predicted octanol–water partition coefficient (Wildman–Crippen LogP) is 4.00. The number of halogens is 2. The van der Waals surface area contributed by atoms with Gasteiger partial charge in [0.2, 0.25) is 0 Å². The minimum atomic E-state index is -0.299. The van der Waals surface area contributed by atoms with Crippen molar-refractivity contribution in [2.45, 2.75) is 6.92 Å².